The molecule has 170 valence electrons. The van der Waals surface area contributed by atoms with Crippen molar-refractivity contribution in [3.63, 3.8) is 0 Å². The maximum atomic E-state index is 12.4. The number of carbonyl (C=O) groups excluding carboxylic acids is 2. The van der Waals surface area contributed by atoms with Crippen LogP contribution >= 0.6 is 0 Å². The summed E-state index contributed by atoms with van der Waals surface area (Å²) in [6.07, 6.45) is -0.637. The van der Waals surface area contributed by atoms with Crippen molar-refractivity contribution in [2.45, 2.75) is 37.1 Å². The zero-order chi connectivity index (χ0) is 22.7. The number of aliphatic hydroxyl groups is 1. The summed E-state index contributed by atoms with van der Waals surface area (Å²) in [5.41, 5.74) is 2.15. The minimum atomic E-state index is -0.550. The van der Waals surface area contributed by atoms with Crippen molar-refractivity contribution in [2.75, 3.05) is 31.5 Å². The summed E-state index contributed by atoms with van der Waals surface area (Å²) in [7, 11) is 2.91. The Hall–Kier alpha value is -3.30. The first-order valence-electron chi connectivity index (χ1n) is 10.4. The van der Waals surface area contributed by atoms with Gasteiger partial charge in [-0.15, -0.1) is 0 Å². The summed E-state index contributed by atoms with van der Waals surface area (Å²) < 4.78 is 21.8. The van der Waals surface area contributed by atoms with Gasteiger partial charge in [0.15, 0.2) is 0 Å². The number of methoxy groups -OCH3 is 2. The number of amides is 2. The molecule has 2 aromatic carbocycles. The number of rotatable bonds is 6. The quantitative estimate of drug-likeness (QED) is 0.589. The number of esters is 1. The van der Waals surface area contributed by atoms with Crippen molar-refractivity contribution in [1.29, 1.82) is 0 Å². The molecule has 3 N–H and O–H groups in total. The van der Waals surface area contributed by atoms with E-state index < -0.39 is 6.10 Å². The Morgan fingerprint density at radius 3 is 2.50 bits per heavy atom. The summed E-state index contributed by atoms with van der Waals surface area (Å²) in [6, 6.07) is 12.0. The van der Waals surface area contributed by atoms with Crippen LogP contribution in [0, 0.1) is 0 Å². The van der Waals surface area contributed by atoms with Gasteiger partial charge in [-0.25, -0.2) is 4.79 Å². The average Bonchev–Trinajstić information content (AvgIpc) is 3.17. The van der Waals surface area contributed by atoms with E-state index in [0.29, 0.717) is 29.3 Å². The second-order valence-electron chi connectivity index (χ2n) is 7.74. The zero-order valence-corrected chi connectivity index (χ0v) is 17.9. The monoisotopic (exact) mass is 442 g/mol. The van der Waals surface area contributed by atoms with E-state index in [0.717, 1.165) is 5.56 Å². The molecule has 0 unspecified atom stereocenters. The Morgan fingerprint density at radius 2 is 1.81 bits per heavy atom. The number of nitrogens with one attached hydrogen (secondary N) is 2. The van der Waals surface area contributed by atoms with Gasteiger partial charge >= 0.3 is 12.0 Å². The van der Waals surface area contributed by atoms with Crippen LogP contribution in [-0.2, 0) is 14.3 Å². The number of anilines is 2. The lowest BCUT2D eigenvalue weighted by molar-refractivity contribution is -0.156. The van der Waals surface area contributed by atoms with Crippen molar-refractivity contribution in [3.8, 4) is 11.5 Å². The molecular weight excluding hydrogens is 416 g/mol. The Morgan fingerprint density at radius 1 is 1.09 bits per heavy atom. The number of aliphatic hydroxyl groups excluding tert-OH is 1. The Balaban J connectivity index is 1.46. The molecule has 2 aliphatic rings. The van der Waals surface area contributed by atoms with Gasteiger partial charge in [0.2, 0.25) is 0 Å². The molecule has 2 amide bonds. The van der Waals surface area contributed by atoms with Gasteiger partial charge in [0.1, 0.15) is 23.7 Å². The SMILES string of the molecule is COC(=O)C[C@@H]1C[C@@H]2c3cc(NC(=O)Nc4ccc(OC)cc4)ccc3O[C@@H]2[C@H](CO)O1. The molecule has 9 nitrogen and oxygen atoms in total. The van der Waals surface area contributed by atoms with E-state index in [-0.39, 0.29) is 43.2 Å². The number of hydrogen-bond donors (Lipinski definition) is 3. The third kappa shape index (κ3) is 4.63. The molecule has 0 aromatic heterocycles. The lowest BCUT2D eigenvalue weighted by Gasteiger charge is -2.36. The molecule has 2 aliphatic heterocycles. The van der Waals surface area contributed by atoms with Crippen LogP contribution in [0.5, 0.6) is 11.5 Å². The first-order valence-corrected chi connectivity index (χ1v) is 10.4. The number of benzene rings is 2. The normalized spacial score (nSPS) is 23.3. The molecule has 2 aromatic rings. The molecule has 4 atom stereocenters. The van der Waals surface area contributed by atoms with Crippen LogP contribution in [0.2, 0.25) is 0 Å². The summed E-state index contributed by atoms with van der Waals surface area (Å²) >= 11 is 0. The summed E-state index contributed by atoms with van der Waals surface area (Å²) in [4.78, 5) is 24.2. The fourth-order valence-electron chi connectivity index (χ4n) is 4.20. The van der Waals surface area contributed by atoms with Gasteiger partial charge in [-0.3, -0.25) is 4.79 Å². The zero-order valence-electron chi connectivity index (χ0n) is 17.9. The van der Waals surface area contributed by atoms with Gasteiger partial charge < -0.3 is 34.7 Å². The molecule has 0 radical (unpaired) electrons. The lowest BCUT2D eigenvalue weighted by atomic mass is 9.84. The summed E-state index contributed by atoms with van der Waals surface area (Å²) in [5.74, 6) is 0.945. The van der Waals surface area contributed by atoms with Gasteiger partial charge in [-0.2, -0.15) is 0 Å². The Labute approximate surface area is 185 Å². The van der Waals surface area contributed by atoms with Gasteiger partial charge in [-0.05, 0) is 48.9 Å². The number of carbonyl (C=O) groups is 2. The van der Waals surface area contributed by atoms with E-state index in [4.69, 9.17) is 18.9 Å². The number of fused-ring (bicyclic) bond motifs is 3. The summed E-state index contributed by atoms with van der Waals surface area (Å²) in [6.45, 7) is -0.220. The van der Waals surface area contributed by atoms with Crippen molar-refractivity contribution >= 4 is 23.4 Å². The second-order valence-corrected chi connectivity index (χ2v) is 7.74. The Kier molecular flexibility index (Phi) is 6.48. The van der Waals surface area contributed by atoms with Crippen molar-refractivity contribution in [1.82, 2.24) is 0 Å². The molecule has 9 heteroatoms. The molecule has 0 spiro atoms. The maximum absolute atomic E-state index is 12.4. The predicted molar refractivity (Wildman–Crippen MR) is 116 cm³/mol. The number of ether oxygens (including phenoxy) is 4. The molecule has 32 heavy (non-hydrogen) atoms. The Bertz CT molecular complexity index is 979. The second kappa shape index (κ2) is 9.46. The highest BCUT2D eigenvalue weighted by molar-refractivity contribution is 5.99. The molecule has 2 heterocycles. The lowest BCUT2D eigenvalue weighted by Crippen LogP contribution is -2.46. The third-order valence-electron chi connectivity index (χ3n) is 5.73. The molecule has 0 bridgehead atoms. The van der Waals surface area contributed by atoms with Crippen molar-refractivity contribution < 1.29 is 33.6 Å². The van der Waals surface area contributed by atoms with E-state index in [1.165, 1.54) is 7.11 Å². The van der Waals surface area contributed by atoms with E-state index in [1.807, 2.05) is 6.07 Å². The van der Waals surface area contributed by atoms with Crippen LogP contribution in [0.4, 0.5) is 16.2 Å². The highest BCUT2D eigenvalue weighted by atomic mass is 16.6. The fourth-order valence-corrected chi connectivity index (χ4v) is 4.20. The van der Waals surface area contributed by atoms with Crippen LogP contribution in [0.15, 0.2) is 42.5 Å². The topological polar surface area (TPSA) is 115 Å². The van der Waals surface area contributed by atoms with Crippen LogP contribution < -0.4 is 20.1 Å². The van der Waals surface area contributed by atoms with Crippen molar-refractivity contribution in [2.24, 2.45) is 0 Å². The highest BCUT2D eigenvalue weighted by Gasteiger charge is 2.46. The van der Waals surface area contributed by atoms with E-state index in [1.54, 1.807) is 43.5 Å². The first kappa shape index (κ1) is 21.9. The fraction of sp³-hybridized carbons (Fsp3) is 0.391. The molecule has 4 rings (SSSR count). The smallest absolute Gasteiger partial charge is 0.323 e. The maximum Gasteiger partial charge on any atom is 0.323 e. The summed E-state index contributed by atoms with van der Waals surface area (Å²) in [5, 5.41) is 15.4. The van der Waals surface area contributed by atoms with E-state index in [9.17, 15) is 14.7 Å². The standard InChI is InChI=1S/C23H26N2O7/c1-29-15-6-3-13(4-7-15)24-23(28)25-14-5-8-19-17(9-14)18-10-16(11-21(27)30-2)31-20(12-26)22(18)32-19/h3-9,16,18,20,22,26H,10-12H2,1-2H3,(H2,24,25,28)/t16-,18+,20-,22-/m0/s1. The van der Waals surface area contributed by atoms with Gasteiger partial charge in [0.25, 0.3) is 0 Å². The minimum absolute atomic E-state index is 0.0723. The largest absolute Gasteiger partial charge is 0.497 e. The number of urea groups is 1. The predicted octanol–water partition coefficient (Wildman–Crippen LogP) is 2.90. The van der Waals surface area contributed by atoms with Gasteiger partial charge in [0, 0.05) is 22.9 Å². The van der Waals surface area contributed by atoms with E-state index in [2.05, 4.69) is 10.6 Å². The molecular formula is C23H26N2O7. The minimum Gasteiger partial charge on any atom is -0.497 e. The van der Waals surface area contributed by atoms with Crippen LogP contribution in [0.1, 0.15) is 24.3 Å². The first-order chi connectivity index (χ1) is 15.5. The van der Waals surface area contributed by atoms with Gasteiger partial charge in [-0.1, -0.05) is 0 Å². The van der Waals surface area contributed by atoms with Crippen molar-refractivity contribution in [3.05, 3.63) is 48.0 Å². The molecule has 1 fully saturated rings. The highest BCUT2D eigenvalue weighted by Crippen LogP contribution is 2.47. The molecule has 1 saturated heterocycles. The average molecular weight is 442 g/mol. The van der Waals surface area contributed by atoms with Crippen LogP contribution in [-0.4, -0.2) is 56.2 Å². The molecule has 0 aliphatic carbocycles. The number of hydrogen-bond acceptors (Lipinski definition) is 7. The van der Waals surface area contributed by atoms with Crippen LogP contribution in [0.25, 0.3) is 0 Å². The van der Waals surface area contributed by atoms with Gasteiger partial charge in [0.05, 0.1) is 33.4 Å². The van der Waals surface area contributed by atoms with Crippen LogP contribution in [0.3, 0.4) is 0 Å². The van der Waals surface area contributed by atoms with E-state index >= 15 is 0 Å². The third-order valence-corrected chi connectivity index (χ3v) is 5.73. The molecule has 0 saturated carbocycles.